The van der Waals surface area contributed by atoms with Crippen molar-refractivity contribution in [2.75, 3.05) is 33.2 Å². The Labute approximate surface area is 232 Å². The number of allylic oxidation sites excluding steroid dienone is 2. The number of fused-ring (bicyclic) bond motifs is 1. The number of benzene rings is 1. The van der Waals surface area contributed by atoms with Crippen LogP contribution in [0.3, 0.4) is 0 Å². The number of aromatic nitrogens is 4. The normalized spacial score (nSPS) is 15.9. The lowest BCUT2D eigenvalue weighted by atomic mass is 10.0. The lowest BCUT2D eigenvalue weighted by Crippen LogP contribution is -2.32. The number of hydrogen-bond donors (Lipinski definition) is 2. The molecule has 2 aromatic heterocycles. The summed E-state index contributed by atoms with van der Waals surface area (Å²) in [4.78, 5) is 31.3. The van der Waals surface area contributed by atoms with Gasteiger partial charge in [0.2, 0.25) is 17.7 Å². The van der Waals surface area contributed by atoms with Crippen molar-refractivity contribution in [1.29, 1.82) is 0 Å². The fourth-order valence-corrected chi connectivity index (χ4v) is 4.72. The number of carbonyl (C=O) groups excluding carboxylic acids is 1. The van der Waals surface area contributed by atoms with Crippen molar-refractivity contribution in [2.24, 2.45) is 11.5 Å². The molecule has 11 nitrogen and oxygen atoms in total. The SMILES string of the molecule is CO/C(N)=C(/C=C(/C)N)N1C(=O)c2nc(-c3cnc(N(C)C)nc3OC)n(C(C)C)c2C1c1ccc(Cl)cc1. The van der Waals surface area contributed by atoms with Crippen LogP contribution < -0.4 is 21.1 Å². The van der Waals surface area contributed by atoms with Gasteiger partial charge in [0.25, 0.3) is 5.91 Å². The number of nitrogens with zero attached hydrogens (tertiary/aromatic N) is 6. The van der Waals surface area contributed by atoms with Crippen LogP contribution in [0.2, 0.25) is 5.02 Å². The second kappa shape index (κ2) is 10.9. The Bertz CT molecular complexity index is 1460. The number of amides is 1. The maximum Gasteiger partial charge on any atom is 0.279 e. The summed E-state index contributed by atoms with van der Waals surface area (Å²) < 4.78 is 13.0. The van der Waals surface area contributed by atoms with Gasteiger partial charge in [-0.15, -0.1) is 0 Å². The summed E-state index contributed by atoms with van der Waals surface area (Å²) in [7, 11) is 6.66. The molecular weight excluding hydrogens is 520 g/mol. The largest absolute Gasteiger partial charge is 0.481 e. The topological polar surface area (TPSA) is 138 Å². The van der Waals surface area contributed by atoms with Gasteiger partial charge in [0.1, 0.15) is 17.6 Å². The molecule has 3 aromatic rings. The standard InChI is InChI=1S/C27H33ClN8O3/c1-14(2)35-22-20(32-24(35)18-13-31-27(34(4)5)33-25(18)39-7)26(37)36(19(12-15(3)29)23(30)38-6)21(22)16-8-10-17(28)11-9-16/h8-14,21H,29-30H2,1-7H3/b15-12-,23-19-. The minimum atomic E-state index is -0.610. The number of anilines is 1. The third kappa shape index (κ3) is 4.97. The molecule has 12 heteroatoms. The van der Waals surface area contributed by atoms with Gasteiger partial charge in [0, 0.05) is 37.1 Å². The molecule has 0 bridgehead atoms. The van der Waals surface area contributed by atoms with Crippen LogP contribution >= 0.6 is 11.6 Å². The summed E-state index contributed by atoms with van der Waals surface area (Å²) in [6.07, 6.45) is 3.27. The van der Waals surface area contributed by atoms with E-state index in [2.05, 4.69) is 9.97 Å². The van der Waals surface area contributed by atoms with E-state index in [0.29, 0.717) is 45.3 Å². The molecule has 1 atom stereocenters. The van der Waals surface area contributed by atoms with Crippen molar-refractivity contribution in [3.05, 3.63) is 75.8 Å². The summed E-state index contributed by atoms with van der Waals surface area (Å²) in [5.41, 5.74) is 15.4. The van der Waals surface area contributed by atoms with Crippen LogP contribution in [-0.4, -0.2) is 58.6 Å². The van der Waals surface area contributed by atoms with Crippen molar-refractivity contribution in [3.63, 3.8) is 0 Å². The minimum absolute atomic E-state index is 0.0444. The number of ether oxygens (including phenoxy) is 2. The Morgan fingerprint density at radius 1 is 1.15 bits per heavy atom. The molecule has 206 valence electrons. The number of methoxy groups -OCH3 is 2. The molecule has 4 rings (SSSR count). The van der Waals surface area contributed by atoms with Gasteiger partial charge in [-0.3, -0.25) is 9.69 Å². The van der Waals surface area contributed by atoms with Crippen LogP contribution in [0.4, 0.5) is 5.95 Å². The molecule has 1 aliphatic rings. The van der Waals surface area contributed by atoms with Crippen molar-refractivity contribution in [3.8, 4) is 17.3 Å². The van der Waals surface area contributed by atoms with E-state index < -0.39 is 6.04 Å². The van der Waals surface area contributed by atoms with Crippen LogP contribution in [0.1, 0.15) is 54.6 Å². The Morgan fingerprint density at radius 3 is 2.36 bits per heavy atom. The van der Waals surface area contributed by atoms with E-state index in [1.54, 1.807) is 41.1 Å². The zero-order chi connectivity index (χ0) is 28.6. The second-order valence-electron chi connectivity index (χ2n) is 9.59. The van der Waals surface area contributed by atoms with E-state index in [4.69, 9.17) is 37.5 Å². The first-order chi connectivity index (χ1) is 18.5. The van der Waals surface area contributed by atoms with Gasteiger partial charge in [0.15, 0.2) is 5.69 Å². The number of imidazole rings is 1. The van der Waals surface area contributed by atoms with E-state index in [1.807, 2.05) is 44.6 Å². The molecule has 1 aliphatic heterocycles. The lowest BCUT2D eigenvalue weighted by Gasteiger charge is -2.29. The third-order valence-electron chi connectivity index (χ3n) is 6.26. The summed E-state index contributed by atoms with van der Waals surface area (Å²) in [5.74, 6) is 1.03. The van der Waals surface area contributed by atoms with Crippen LogP contribution in [0, 0.1) is 0 Å². The Balaban J connectivity index is 2.04. The number of hydrogen-bond acceptors (Lipinski definition) is 9. The molecule has 0 saturated carbocycles. The van der Waals surface area contributed by atoms with Crippen LogP contribution in [0.5, 0.6) is 5.88 Å². The maximum absolute atomic E-state index is 14.1. The Morgan fingerprint density at radius 2 is 1.82 bits per heavy atom. The molecule has 0 spiro atoms. The fraction of sp³-hybridized carbons (Fsp3) is 0.333. The Hall–Kier alpha value is -4.25. The monoisotopic (exact) mass is 552 g/mol. The third-order valence-corrected chi connectivity index (χ3v) is 6.51. The molecule has 0 radical (unpaired) electrons. The first-order valence-electron chi connectivity index (χ1n) is 12.3. The smallest absolute Gasteiger partial charge is 0.279 e. The number of carbonyl (C=O) groups is 1. The summed E-state index contributed by atoms with van der Waals surface area (Å²) in [5, 5.41) is 0.570. The predicted octanol–water partition coefficient (Wildman–Crippen LogP) is 3.83. The number of rotatable bonds is 8. The molecule has 1 amide bonds. The van der Waals surface area contributed by atoms with E-state index in [1.165, 1.54) is 14.2 Å². The molecule has 4 N–H and O–H groups in total. The molecule has 0 aliphatic carbocycles. The highest BCUT2D eigenvalue weighted by atomic mass is 35.5. The van der Waals surface area contributed by atoms with Crippen molar-refractivity contribution in [1.82, 2.24) is 24.4 Å². The summed E-state index contributed by atoms with van der Waals surface area (Å²) >= 11 is 6.22. The zero-order valence-corrected chi connectivity index (χ0v) is 23.8. The molecule has 3 heterocycles. The molecule has 1 aromatic carbocycles. The van der Waals surface area contributed by atoms with E-state index in [9.17, 15) is 4.79 Å². The molecule has 0 saturated heterocycles. The van der Waals surface area contributed by atoms with E-state index in [0.717, 1.165) is 5.56 Å². The maximum atomic E-state index is 14.1. The molecule has 39 heavy (non-hydrogen) atoms. The predicted molar refractivity (Wildman–Crippen MR) is 150 cm³/mol. The Kier molecular flexibility index (Phi) is 7.73. The first-order valence-corrected chi connectivity index (χ1v) is 12.6. The second-order valence-corrected chi connectivity index (χ2v) is 10.0. The van der Waals surface area contributed by atoms with Crippen LogP contribution in [-0.2, 0) is 4.74 Å². The minimum Gasteiger partial charge on any atom is -0.481 e. The van der Waals surface area contributed by atoms with Crippen molar-refractivity contribution in [2.45, 2.75) is 32.9 Å². The van der Waals surface area contributed by atoms with Gasteiger partial charge in [-0.25, -0.2) is 9.97 Å². The zero-order valence-electron chi connectivity index (χ0n) is 23.1. The highest BCUT2D eigenvalue weighted by Gasteiger charge is 2.46. The summed E-state index contributed by atoms with van der Waals surface area (Å²) in [6, 6.07) is 6.58. The fourth-order valence-electron chi connectivity index (χ4n) is 4.59. The average molecular weight is 553 g/mol. The summed E-state index contributed by atoms with van der Waals surface area (Å²) in [6.45, 7) is 5.74. The van der Waals surface area contributed by atoms with Crippen molar-refractivity contribution >= 4 is 23.5 Å². The first kappa shape index (κ1) is 27.8. The van der Waals surface area contributed by atoms with Crippen molar-refractivity contribution < 1.29 is 14.3 Å². The van der Waals surface area contributed by atoms with Gasteiger partial charge in [-0.2, -0.15) is 4.98 Å². The van der Waals surface area contributed by atoms with Gasteiger partial charge in [-0.1, -0.05) is 23.7 Å². The average Bonchev–Trinajstić information content (AvgIpc) is 3.41. The number of nitrogens with two attached hydrogens (primary N) is 2. The van der Waals surface area contributed by atoms with E-state index in [-0.39, 0.29) is 23.5 Å². The number of halogens is 1. The highest BCUT2D eigenvalue weighted by Crippen LogP contribution is 2.45. The van der Waals surface area contributed by atoms with Gasteiger partial charge < -0.3 is 30.4 Å². The van der Waals surface area contributed by atoms with Crippen LogP contribution in [0.15, 0.2) is 53.8 Å². The molecular formula is C27H33ClN8O3. The quantitative estimate of drug-likeness (QED) is 0.315. The highest BCUT2D eigenvalue weighted by molar-refractivity contribution is 6.30. The van der Waals surface area contributed by atoms with E-state index >= 15 is 0 Å². The van der Waals surface area contributed by atoms with Gasteiger partial charge >= 0.3 is 0 Å². The van der Waals surface area contributed by atoms with Gasteiger partial charge in [-0.05, 0) is 44.5 Å². The molecule has 1 unspecified atom stereocenters. The molecule has 0 fully saturated rings. The van der Waals surface area contributed by atoms with Gasteiger partial charge in [0.05, 0.1) is 25.5 Å². The van der Waals surface area contributed by atoms with Crippen LogP contribution in [0.25, 0.3) is 11.4 Å². The lowest BCUT2D eigenvalue weighted by molar-refractivity contribution is 0.0793.